The molecule has 4 nitrogen and oxygen atoms in total. The van der Waals surface area contributed by atoms with Crippen molar-refractivity contribution in [3.05, 3.63) is 68.0 Å². The Labute approximate surface area is 201 Å². The largest absolute Gasteiger partial charge is 0.481 e. The molecule has 0 saturated carbocycles. The van der Waals surface area contributed by atoms with Gasteiger partial charge in [0, 0.05) is 28.6 Å². The van der Waals surface area contributed by atoms with Gasteiger partial charge in [-0.3, -0.25) is 4.79 Å². The smallest absolute Gasteiger partial charge is 0.305 e. The highest BCUT2D eigenvalue weighted by molar-refractivity contribution is 7.16. The molecule has 8 heteroatoms. The fourth-order valence-corrected chi connectivity index (χ4v) is 4.88. The number of hydrogen-bond donors (Lipinski definition) is 1. The van der Waals surface area contributed by atoms with E-state index in [1.807, 2.05) is 41.3 Å². The Morgan fingerprint density at radius 1 is 1.10 bits per heavy atom. The molecule has 1 aromatic heterocycles. The van der Waals surface area contributed by atoms with Gasteiger partial charge in [0.1, 0.15) is 0 Å². The second-order valence-electron chi connectivity index (χ2n) is 7.69. The maximum absolute atomic E-state index is 11.3. The Morgan fingerprint density at radius 2 is 1.81 bits per heavy atom. The van der Waals surface area contributed by atoms with Gasteiger partial charge in [0.15, 0.2) is 5.13 Å². The Kier molecular flexibility index (Phi) is 8.23. The molecule has 0 aliphatic carbocycles. The summed E-state index contributed by atoms with van der Waals surface area (Å²) in [5.41, 5.74) is 2.80. The van der Waals surface area contributed by atoms with Crippen LogP contribution in [-0.2, 0) is 17.8 Å². The van der Waals surface area contributed by atoms with Gasteiger partial charge in [-0.05, 0) is 42.2 Å². The number of halogens is 3. The summed E-state index contributed by atoms with van der Waals surface area (Å²) in [7, 11) is 0. The highest BCUT2D eigenvalue weighted by atomic mass is 35.5. The molecule has 3 rings (SSSR count). The van der Waals surface area contributed by atoms with Crippen molar-refractivity contribution in [2.24, 2.45) is 5.92 Å². The normalized spacial score (nSPS) is 11.2. The molecule has 0 aliphatic rings. The Hall–Kier alpha value is -1.79. The molecule has 1 heterocycles. The van der Waals surface area contributed by atoms with Crippen LogP contribution in [0.1, 0.15) is 30.7 Å². The van der Waals surface area contributed by atoms with Crippen LogP contribution in [0.5, 0.6) is 0 Å². The number of hydrogen-bond acceptors (Lipinski definition) is 4. The van der Waals surface area contributed by atoms with E-state index in [4.69, 9.17) is 39.8 Å². The van der Waals surface area contributed by atoms with E-state index >= 15 is 0 Å². The SMILES string of the molecule is CC(C)Cc1sc(N(CCC(=O)O)Cc2ccc(Cl)cc2)nc1-c1ccc(Cl)c(Cl)c1. The maximum Gasteiger partial charge on any atom is 0.305 e. The monoisotopic (exact) mass is 496 g/mol. The maximum atomic E-state index is 11.3. The molecule has 0 atom stereocenters. The number of aliphatic carboxylic acids is 1. The molecule has 0 fully saturated rings. The molecular formula is C23H23Cl3N2O2S. The predicted molar refractivity (Wildman–Crippen MR) is 131 cm³/mol. The summed E-state index contributed by atoms with van der Waals surface area (Å²) < 4.78 is 0. The minimum absolute atomic E-state index is 0.0226. The zero-order chi connectivity index (χ0) is 22.5. The van der Waals surface area contributed by atoms with E-state index in [0.29, 0.717) is 34.1 Å². The molecule has 0 bridgehead atoms. The van der Waals surface area contributed by atoms with Gasteiger partial charge in [-0.1, -0.05) is 66.8 Å². The number of carboxylic acids is 1. The predicted octanol–water partition coefficient (Wildman–Crippen LogP) is 7.45. The van der Waals surface area contributed by atoms with Gasteiger partial charge in [0.05, 0.1) is 22.2 Å². The summed E-state index contributed by atoms with van der Waals surface area (Å²) in [6, 6.07) is 13.1. The molecule has 0 spiro atoms. The number of aromatic nitrogens is 1. The average molecular weight is 498 g/mol. The van der Waals surface area contributed by atoms with E-state index in [-0.39, 0.29) is 6.42 Å². The molecule has 0 aliphatic heterocycles. The van der Waals surface area contributed by atoms with Crippen molar-refractivity contribution in [1.82, 2.24) is 4.98 Å². The summed E-state index contributed by atoms with van der Waals surface area (Å²) in [6.07, 6.45) is 0.885. The van der Waals surface area contributed by atoms with Crippen molar-refractivity contribution < 1.29 is 9.90 Å². The summed E-state index contributed by atoms with van der Waals surface area (Å²) in [6.45, 7) is 5.22. The van der Waals surface area contributed by atoms with Crippen LogP contribution in [0.4, 0.5) is 5.13 Å². The van der Waals surface area contributed by atoms with Crippen molar-refractivity contribution in [2.75, 3.05) is 11.4 Å². The molecule has 2 aromatic carbocycles. The molecule has 0 unspecified atom stereocenters. The topological polar surface area (TPSA) is 53.4 Å². The Morgan fingerprint density at radius 3 is 2.42 bits per heavy atom. The van der Waals surface area contributed by atoms with E-state index in [2.05, 4.69) is 13.8 Å². The van der Waals surface area contributed by atoms with Crippen LogP contribution in [0.3, 0.4) is 0 Å². The van der Waals surface area contributed by atoms with E-state index in [1.54, 1.807) is 17.4 Å². The van der Waals surface area contributed by atoms with Crippen LogP contribution in [0.25, 0.3) is 11.3 Å². The third-order valence-corrected chi connectivity index (χ3v) is 6.76. The van der Waals surface area contributed by atoms with Gasteiger partial charge >= 0.3 is 5.97 Å². The lowest BCUT2D eigenvalue weighted by atomic mass is 10.0. The molecular weight excluding hydrogens is 475 g/mol. The second-order valence-corrected chi connectivity index (χ2v) is 10.00. The van der Waals surface area contributed by atoms with Gasteiger partial charge in [-0.2, -0.15) is 0 Å². The quantitative estimate of drug-likeness (QED) is 0.333. The van der Waals surface area contributed by atoms with Crippen molar-refractivity contribution in [3.63, 3.8) is 0 Å². The number of benzene rings is 2. The second kappa shape index (κ2) is 10.7. The zero-order valence-corrected chi connectivity index (χ0v) is 20.3. The molecule has 31 heavy (non-hydrogen) atoms. The number of thiazole rings is 1. The summed E-state index contributed by atoms with van der Waals surface area (Å²) in [5.74, 6) is -0.400. The highest BCUT2D eigenvalue weighted by Gasteiger charge is 2.20. The van der Waals surface area contributed by atoms with E-state index in [0.717, 1.165) is 33.3 Å². The van der Waals surface area contributed by atoms with Gasteiger partial charge in [0.2, 0.25) is 0 Å². The first-order valence-corrected chi connectivity index (χ1v) is 11.8. The summed E-state index contributed by atoms with van der Waals surface area (Å²) in [4.78, 5) is 19.3. The first-order valence-electron chi connectivity index (χ1n) is 9.89. The first kappa shape index (κ1) is 23.9. The third kappa shape index (κ3) is 6.59. The lowest BCUT2D eigenvalue weighted by Gasteiger charge is -2.21. The molecule has 3 aromatic rings. The van der Waals surface area contributed by atoms with Gasteiger partial charge in [-0.15, -0.1) is 11.3 Å². The number of nitrogens with zero attached hydrogens (tertiary/aromatic N) is 2. The fourth-order valence-electron chi connectivity index (χ4n) is 3.14. The average Bonchev–Trinajstić information content (AvgIpc) is 3.11. The third-order valence-electron chi connectivity index (χ3n) is 4.63. The lowest BCUT2D eigenvalue weighted by Crippen LogP contribution is -2.25. The molecule has 1 N–H and O–H groups in total. The molecule has 0 radical (unpaired) electrons. The van der Waals surface area contributed by atoms with E-state index < -0.39 is 5.97 Å². The van der Waals surface area contributed by atoms with Crippen LogP contribution in [-0.4, -0.2) is 22.6 Å². The molecule has 0 saturated heterocycles. The van der Waals surface area contributed by atoms with E-state index in [1.165, 1.54) is 0 Å². The van der Waals surface area contributed by atoms with Gasteiger partial charge in [0.25, 0.3) is 0 Å². The zero-order valence-electron chi connectivity index (χ0n) is 17.2. The van der Waals surface area contributed by atoms with Crippen molar-refractivity contribution in [3.8, 4) is 11.3 Å². The molecule has 0 amide bonds. The van der Waals surface area contributed by atoms with Crippen LogP contribution < -0.4 is 4.90 Å². The van der Waals surface area contributed by atoms with Crippen LogP contribution in [0, 0.1) is 5.92 Å². The van der Waals surface area contributed by atoms with Crippen molar-refractivity contribution >= 4 is 57.2 Å². The summed E-state index contributed by atoms with van der Waals surface area (Å²) in [5, 5.41) is 11.7. The van der Waals surface area contributed by atoms with Crippen LogP contribution in [0.15, 0.2) is 42.5 Å². The standard InChI is InChI=1S/C23H23Cl3N2O2S/c1-14(2)11-20-22(16-5-8-18(25)19(26)12-16)27-23(31-20)28(10-9-21(29)30)13-15-3-6-17(24)7-4-15/h3-8,12,14H,9-11,13H2,1-2H3,(H,29,30). The van der Waals surface area contributed by atoms with Crippen LogP contribution >= 0.6 is 46.1 Å². The minimum atomic E-state index is -0.843. The minimum Gasteiger partial charge on any atom is -0.481 e. The number of rotatable bonds is 9. The Balaban J connectivity index is 2.00. The van der Waals surface area contributed by atoms with Gasteiger partial charge in [-0.25, -0.2) is 4.98 Å². The van der Waals surface area contributed by atoms with E-state index in [9.17, 15) is 9.90 Å². The van der Waals surface area contributed by atoms with Crippen molar-refractivity contribution in [1.29, 1.82) is 0 Å². The number of carbonyl (C=O) groups is 1. The first-order chi connectivity index (χ1) is 14.7. The van der Waals surface area contributed by atoms with Crippen molar-refractivity contribution in [2.45, 2.75) is 33.2 Å². The highest BCUT2D eigenvalue weighted by Crippen LogP contribution is 2.37. The summed E-state index contributed by atoms with van der Waals surface area (Å²) >= 11 is 20.0. The Bertz CT molecular complexity index is 1050. The van der Waals surface area contributed by atoms with Crippen LogP contribution in [0.2, 0.25) is 15.1 Å². The lowest BCUT2D eigenvalue weighted by molar-refractivity contribution is -0.136. The molecule has 164 valence electrons. The number of anilines is 1. The fraction of sp³-hybridized carbons (Fsp3) is 0.304. The van der Waals surface area contributed by atoms with Gasteiger partial charge < -0.3 is 10.0 Å². The number of carboxylic acid groups (broad SMARTS) is 1.